The van der Waals surface area contributed by atoms with Crippen LogP contribution in [0.25, 0.3) is 0 Å². The molecule has 0 radical (unpaired) electrons. The van der Waals surface area contributed by atoms with E-state index in [1.165, 1.54) is 11.3 Å². The van der Waals surface area contributed by atoms with Gasteiger partial charge in [0.2, 0.25) is 0 Å². The zero-order valence-corrected chi connectivity index (χ0v) is 13.3. The molecular formula is C15H18N2O2S2. The molecule has 1 aliphatic heterocycles. The van der Waals surface area contributed by atoms with Gasteiger partial charge in [0.1, 0.15) is 6.10 Å². The maximum Gasteiger partial charge on any atom is 0.264 e. The molecule has 0 aromatic carbocycles. The van der Waals surface area contributed by atoms with Gasteiger partial charge >= 0.3 is 0 Å². The highest BCUT2D eigenvalue weighted by atomic mass is 32.1. The molecule has 3 rings (SSSR count). The number of nitrogens with zero attached hydrogens (tertiary/aromatic N) is 2. The molecule has 1 fully saturated rings. The van der Waals surface area contributed by atoms with Crippen molar-refractivity contribution in [2.75, 3.05) is 32.7 Å². The van der Waals surface area contributed by atoms with Gasteiger partial charge in [-0.1, -0.05) is 12.1 Å². The Labute approximate surface area is 132 Å². The molecule has 0 saturated carbocycles. The first-order valence-corrected chi connectivity index (χ1v) is 8.76. The Morgan fingerprint density at radius 3 is 2.48 bits per heavy atom. The standard InChI is InChI=1S/C15H18N2O2S2/c18-12(13-3-1-9-20-13)11-16-5-7-17(8-6-16)15(19)14-4-2-10-21-14/h1-4,9-10,12,18H,5-8,11H2. The number of hydrogen-bond donors (Lipinski definition) is 1. The van der Waals surface area contributed by atoms with Crippen molar-refractivity contribution in [3.63, 3.8) is 0 Å². The molecule has 6 heteroatoms. The molecule has 1 N–H and O–H groups in total. The van der Waals surface area contributed by atoms with E-state index in [1.54, 1.807) is 11.3 Å². The first kappa shape index (κ1) is 14.7. The number of hydrogen-bond acceptors (Lipinski definition) is 5. The molecular weight excluding hydrogens is 304 g/mol. The average molecular weight is 322 g/mol. The van der Waals surface area contributed by atoms with Gasteiger partial charge in [-0.3, -0.25) is 9.69 Å². The number of rotatable bonds is 4. The third-order valence-corrected chi connectivity index (χ3v) is 5.53. The fraction of sp³-hybridized carbons (Fsp3) is 0.400. The summed E-state index contributed by atoms with van der Waals surface area (Å²) in [6.45, 7) is 3.74. The number of carbonyl (C=O) groups is 1. The maximum absolute atomic E-state index is 12.2. The molecule has 1 amide bonds. The van der Waals surface area contributed by atoms with Crippen LogP contribution in [0.4, 0.5) is 0 Å². The van der Waals surface area contributed by atoms with Gasteiger partial charge in [0.05, 0.1) is 4.88 Å². The Bertz CT molecular complexity index is 561. The molecule has 0 bridgehead atoms. The number of piperazine rings is 1. The molecule has 1 unspecified atom stereocenters. The van der Waals surface area contributed by atoms with Crippen molar-refractivity contribution in [1.82, 2.24) is 9.80 Å². The number of carbonyl (C=O) groups excluding carboxylic acids is 1. The van der Waals surface area contributed by atoms with Crippen LogP contribution in [0.3, 0.4) is 0 Å². The monoisotopic (exact) mass is 322 g/mol. The molecule has 0 spiro atoms. The first-order chi connectivity index (χ1) is 10.2. The molecule has 1 aliphatic rings. The molecule has 21 heavy (non-hydrogen) atoms. The maximum atomic E-state index is 12.2. The van der Waals surface area contributed by atoms with Crippen molar-refractivity contribution in [2.45, 2.75) is 6.10 Å². The van der Waals surface area contributed by atoms with Gasteiger partial charge < -0.3 is 10.0 Å². The van der Waals surface area contributed by atoms with Crippen molar-refractivity contribution in [2.24, 2.45) is 0 Å². The van der Waals surface area contributed by atoms with E-state index >= 15 is 0 Å². The van der Waals surface area contributed by atoms with Crippen molar-refractivity contribution in [1.29, 1.82) is 0 Å². The van der Waals surface area contributed by atoms with Gasteiger partial charge in [0, 0.05) is 37.6 Å². The summed E-state index contributed by atoms with van der Waals surface area (Å²) in [6.07, 6.45) is -0.426. The van der Waals surface area contributed by atoms with Crippen molar-refractivity contribution in [3.8, 4) is 0 Å². The summed E-state index contributed by atoms with van der Waals surface area (Å²) in [6, 6.07) is 7.71. The minimum atomic E-state index is -0.426. The highest BCUT2D eigenvalue weighted by Gasteiger charge is 2.24. The number of aliphatic hydroxyl groups is 1. The minimum absolute atomic E-state index is 0.128. The molecule has 4 nitrogen and oxygen atoms in total. The second-order valence-electron chi connectivity index (χ2n) is 5.10. The zero-order chi connectivity index (χ0) is 14.7. The predicted molar refractivity (Wildman–Crippen MR) is 85.9 cm³/mol. The third-order valence-electron chi connectivity index (χ3n) is 3.69. The summed E-state index contributed by atoms with van der Waals surface area (Å²) in [5, 5.41) is 14.1. The topological polar surface area (TPSA) is 43.8 Å². The van der Waals surface area contributed by atoms with E-state index in [-0.39, 0.29) is 5.91 Å². The molecule has 112 valence electrons. The quantitative estimate of drug-likeness (QED) is 0.939. The lowest BCUT2D eigenvalue weighted by Crippen LogP contribution is -2.49. The summed E-state index contributed by atoms with van der Waals surface area (Å²) in [5.41, 5.74) is 0. The van der Waals surface area contributed by atoms with Crippen LogP contribution in [0.5, 0.6) is 0 Å². The molecule has 0 aliphatic carbocycles. The van der Waals surface area contributed by atoms with Crippen LogP contribution in [0.2, 0.25) is 0 Å². The van der Waals surface area contributed by atoms with Crippen LogP contribution in [0.1, 0.15) is 20.7 Å². The van der Waals surface area contributed by atoms with Gasteiger partial charge in [0.15, 0.2) is 0 Å². The Hall–Kier alpha value is -1.21. The molecule has 3 heterocycles. The van der Waals surface area contributed by atoms with E-state index in [0.29, 0.717) is 6.54 Å². The number of thiophene rings is 2. The Morgan fingerprint density at radius 1 is 1.14 bits per heavy atom. The zero-order valence-electron chi connectivity index (χ0n) is 11.6. The van der Waals surface area contributed by atoms with E-state index in [2.05, 4.69) is 4.90 Å². The Morgan fingerprint density at radius 2 is 1.86 bits per heavy atom. The van der Waals surface area contributed by atoms with Crippen LogP contribution in [0.15, 0.2) is 35.0 Å². The highest BCUT2D eigenvalue weighted by molar-refractivity contribution is 7.12. The van der Waals surface area contributed by atoms with E-state index in [9.17, 15) is 9.90 Å². The summed E-state index contributed by atoms with van der Waals surface area (Å²) in [7, 11) is 0. The summed E-state index contributed by atoms with van der Waals surface area (Å²) < 4.78 is 0. The van der Waals surface area contributed by atoms with Crippen LogP contribution in [-0.4, -0.2) is 53.5 Å². The van der Waals surface area contributed by atoms with Crippen molar-refractivity contribution < 1.29 is 9.90 Å². The fourth-order valence-electron chi connectivity index (χ4n) is 2.51. The summed E-state index contributed by atoms with van der Waals surface area (Å²) >= 11 is 3.07. The molecule has 1 saturated heterocycles. The largest absolute Gasteiger partial charge is 0.386 e. The molecule has 1 atom stereocenters. The number of amides is 1. The van der Waals surface area contributed by atoms with E-state index in [0.717, 1.165) is 35.9 Å². The van der Waals surface area contributed by atoms with E-state index in [4.69, 9.17) is 0 Å². The van der Waals surface area contributed by atoms with Gasteiger partial charge in [0.25, 0.3) is 5.91 Å². The lowest BCUT2D eigenvalue weighted by atomic mass is 10.2. The van der Waals surface area contributed by atoms with Gasteiger partial charge in [-0.2, -0.15) is 0 Å². The normalized spacial score (nSPS) is 17.9. The lowest BCUT2D eigenvalue weighted by molar-refractivity contribution is 0.0536. The Kier molecular flexibility index (Phi) is 4.70. The second-order valence-corrected chi connectivity index (χ2v) is 7.03. The first-order valence-electron chi connectivity index (χ1n) is 7.00. The van der Waals surface area contributed by atoms with Gasteiger partial charge in [-0.25, -0.2) is 0 Å². The minimum Gasteiger partial charge on any atom is -0.386 e. The fourth-order valence-corrected chi connectivity index (χ4v) is 3.90. The highest BCUT2D eigenvalue weighted by Crippen LogP contribution is 2.20. The van der Waals surface area contributed by atoms with E-state index in [1.807, 2.05) is 39.9 Å². The predicted octanol–water partition coefficient (Wildman–Crippen LogP) is 2.30. The SMILES string of the molecule is O=C(c1cccs1)N1CCN(CC(O)c2cccs2)CC1. The average Bonchev–Trinajstić information content (AvgIpc) is 3.20. The third kappa shape index (κ3) is 3.52. The van der Waals surface area contributed by atoms with E-state index < -0.39 is 6.10 Å². The number of aliphatic hydroxyl groups excluding tert-OH is 1. The Balaban J connectivity index is 1.50. The van der Waals surface area contributed by atoms with Crippen molar-refractivity contribution in [3.05, 3.63) is 44.8 Å². The smallest absolute Gasteiger partial charge is 0.264 e. The van der Waals surface area contributed by atoms with Gasteiger partial charge in [-0.15, -0.1) is 22.7 Å². The van der Waals surface area contributed by atoms with Crippen LogP contribution in [0, 0.1) is 0 Å². The second kappa shape index (κ2) is 6.70. The molecule has 2 aromatic rings. The summed E-state index contributed by atoms with van der Waals surface area (Å²) in [5.74, 6) is 0.128. The lowest BCUT2D eigenvalue weighted by Gasteiger charge is -2.35. The van der Waals surface area contributed by atoms with Crippen LogP contribution in [-0.2, 0) is 0 Å². The van der Waals surface area contributed by atoms with Crippen LogP contribution < -0.4 is 0 Å². The van der Waals surface area contributed by atoms with Gasteiger partial charge in [-0.05, 0) is 22.9 Å². The van der Waals surface area contributed by atoms with Crippen LogP contribution >= 0.6 is 22.7 Å². The number of β-amino-alcohol motifs (C(OH)–C–C–N with tert-alkyl or cyclic N) is 1. The molecule has 2 aromatic heterocycles. The van der Waals surface area contributed by atoms with Crippen molar-refractivity contribution >= 4 is 28.6 Å². The summed E-state index contributed by atoms with van der Waals surface area (Å²) in [4.78, 5) is 18.2.